The van der Waals surface area contributed by atoms with E-state index in [1.54, 1.807) is 12.3 Å². The molecular weight excluding hydrogens is 306 g/mol. The summed E-state index contributed by atoms with van der Waals surface area (Å²) in [6.07, 6.45) is 3.18. The van der Waals surface area contributed by atoms with Crippen LogP contribution in [0.2, 0.25) is 0 Å². The van der Waals surface area contributed by atoms with E-state index in [0.717, 1.165) is 24.1 Å². The smallest absolute Gasteiger partial charge is 0.243 e. The zero-order chi connectivity index (χ0) is 17.1. The highest BCUT2D eigenvalue weighted by molar-refractivity contribution is 5.86. The fraction of sp³-hybridized carbons (Fsp3) is 0.412. The van der Waals surface area contributed by atoms with Gasteiger partial charge in [-0.1, -0.05) is 0 Å². The first-order chi connectivity index (χ1) is 11.6. The highest BCUT2D eigenvalue weighted by atomic mass is 16.3. The second kappa shape index (κ2) is 6.71. The summed E-state index contributed by atoms with van der Waals surface area (Å²) >= 11 is 0. The van der Waals surface area contributed by atoms with Crippen molar-refractivity contribution in [3.8, 4) is 6.07 Å². The number of aryl methyl sites for hydroxylation is 1. The molecule has 1 aliphatic rings. The molecule has 1 N–H and O–H groups in total. The number of furan rings is 1. The minimum absolute atomic E-state index is 0.0900. The van der Waals surface area contributed by atoms with E-state index in [-0.39, 0.29) is 11.9 Å². The van der Waals surface area contributed by atoms with Gasteiger partial charge in [0.1, 0.15) is 23.4 Å². The number of hydrogen-bond acceptors (Lipinski definition) is 6. The lowest BCUT2D eigenvalue weighted by atomic mass is 10.1. The molecule has 1 fully saturated rings. The minimum Gasteiger partial charge on any atom is -0.467 e. The van der Waals surface area contributed by atoms with Crippen LogP contribution in [0.5, 0.6) is 0 Å². The number of nitriles is 1. The van der Waals surface area contributed by atoms with Gasteiger partial charge in [0.05, 0.1) is 18.5 Å². The normalized spacial score (nSPS) is 16.9. The van der Waals surface area contributed by atoms with Crippen LogP contribution in [0.1, 0.15) is 35.4 Å². The maximum Gasteiger partial charge on any atom is 0.243 e. The van der Waals surface area contributed by atoms with Gasteiger partial charge in [-0.25, -0.2) is 0 Å². The van der Waals surface area contributed by atoms with Gasteiger partial charge in [0.15, 0.2) is 5.82 Å². The summed E-state index contributed by atoms with van der Waals surface area (Å²) < 4.78 is 5.23. The third-order valence-electron chi connectivity index (χ3n) is 4.39. The maximum absolute atomic E-state index is 12.6. The van der Waals surface area contributed by atoms with Crippen LogP contribution in [0.15, 0.2) is 22.8 Å². The first-order valence-corrected chi connectivity index (χ1v) is 7.92. The molecule has 0 radical (unpaired) electrons. The van der Waals surface area contributed by atoms with Crippen molar-refractivity contribution < 1.29 is 9.21 Å². The second-order valence-electron chi connectivity index (χ2n) is 5.87. The van der Waals surface area contributed by atoms with Gasteiger partial charge in [-0.15, -0.1) is 5.10 Å². The Hall–Kier alpha value is -2.88. The molecule has 124 valence electrons. The predicted molar refractivity (Wildman–Crippen MR) is 87.1 cm³/mol. The Balaban J connectivity index is 1.79. The zero-order valence-electron chi connectivity index (χ0n) is 13.7. The summed E-state index contributed by atoms with van der Waals surface area (Å²) in [6, 6.07) is 5.46. The predicted octanol–water partition coefficient (Wildman–Crippen LogP) is 1.84. The number of carbonyl (C=O) groups excluding carboxylic acids is 1. The van der Waals surface area contributed by atoms with E-state index in [9.17, 15) is 10.1 Å². The van der Waals surface area contributed by atoms with E-state index in [1.807, 2.05) is 24.8 Å². The lowest BCUT2D eigenvalue weighted by molar-refractivity contribution is -0.122. The molecule has 3 heterocycles. The lowest BCUT2D eigenvalue weighted by Gasteiger charge is -2.25. The summed E-state index contributed by atoms with van der Waals surface area (Å²) in [5.41, 5.74) is 2.03. The zero-order valence-corrected chi connectivity index (χ0v) is 13.7. The fourth-order valence-corrected chi connectivity index (χ4v) is 2.93. The number of hydrogen-bond donors (Lipinski definition) is 1. The molecule has 3 rings (SSSR count). The SMILES string of the molecule is Cc1nnc(N2CCC[C@@H]2C(=O)NCc2ccco2)c(C#N)c1C. The van der Waals surface area contributed by atoms with E-state index in [2.05, 4.69) is 21.6 Å². The summed E-state index contributed by atoms with van der Waals surface area (Å²) in [4.78, 5) is 14.4. The van der Waals surface area contributed by atoms with Gasteiger partial charge in [-0.3, -0.25) is 4.79 Å². The summed E-state index contributed by atoms with van der Waals surface area (Å²) in [5, 5.41) is 20.7. The van der Waals surface area contributed by atoms with Gasteiger partial charge >= 0.3 is 0 Å². The molecule has 0 aliphatic carbocycles. The van der Waals surface area contributed by atoms with Crippen molar-refractivity contribution in [3.63, 3.8) is 0 Å². The molecule has 0 bridgehead atoms. The molecule has 2 aromatic rings. The first kappa shape index (κ1) is 16.0. The van der Waals surface area contributed by atoms with Crippen LogP contribution in [0.3, 0.4) is 0 Å². The molecule has 7 nitrogen and oxygen atoms in total. The van der Waals surface area contributed by atoms with Crippen LogP contribution in [-0.4, -0.2) is 28.7 Å². The highest BCUT2D eigenvalue weighted by Crippen LogP contribution is 2.28. The number of anilines is 1. The van der Waals surface area contributed by atoms with E-state index in [0.29, 0.717) is 30.2 Å². The van der Waals surface area contributed by atoms with Crippen LogP contribution >= 0.6 is 0 Å². The van der Waals surface area contributed by atoms with Gasteiger partial charge in [0.25, 0.3) is 0 Å². The van der Waals surface area contributed by atoms with Crippen molar-refractivity contribution in [2.75, 3.05) is 11.4 Å². The van der Waals surface area contributed by atoms with E-state index in [1.165, 1.54) is 0 Å². The Morgan fingerprint density at radius 2 is 2.33 bits per heavy atom. The van der Waals surface area contributed by atoms with Crippen molar-refractivity contribution in [1.29, 1.82) is 5.26 Å². The molecule has 0 saturated carbocycles. The van der Waals surface area contributed by atoms with Gasteiger partial charge in [0.2, 0.25) is 5.91 Å². The molecule has 1 saturated heterocycles. The Kier molecular flexibility index (Phi) is 4.47. The molecule has 0 spiro atoms. The Labute approximate surface area is 140 Å². The van der Waals surface area contributed by atoms with E-state index >= 15 is 0 Å². The van der Waals surface area contributed by atoms with Crippen LogP contribution in [0, 0.1) is 25.2 Å². The van der Waals surface area contributed by atoms with Gasteiger partial charge in [-0.05, 0) is 44.4 Å². The number of amides is 1. The highest BCUT2D eigenvalue weighted by Gasteiger charge is 2.33. The van der Waals surface area contributed by atoms with E-state index < -0.39 is 0 Å². The Morgan fingerprint density at radius 1 is 1.50 bits per heavy atom. The summed E-state index contributed by atoms with van der Waals surface area (Å²) in [6.45, 7) is 4.71. The second-order valence-corrected chi connectivity index (χ2v) is 5.87. The first-order valence-electron chi connectivity index (χ1n) is 7.92. The number of carbonyl (C=O) groups is 1. The van der Waals surface area contributed by atoms with Crippen molar-refractivity contribution in [2.24, 2.45) is 0 Å². The molecule has 1 atom stereocenters. The summed E-state index contributed by atoms with van der Waals surface area (Å²) in [5.74, 6) is 1.11. The molecule has 1 aliphatic heterocycles. The van der Waals surface area contributed by atoms with Crippen molar-refractivity contribution in [2.45, 2.75) is 39.3 Å². The largest absolute Gasteiger partial charge is 0.467 e. The molecule has 0 unspecified atom stereocenters. The molecule has 1 amide bonds. The number of aromatic nitrogens is 2. The monoisotopic (exact) mass is 325 g/mol. The average Bonchev–Trinajstić information content (AvgIpc) is 3.26. The molecular formula is C17H19N5O2. The molecule has 0 aromatic carbocycles. The van der Waals surface area contributed by atoms with Crippen LogP contribution < -0.4 is 10.2 Å². The molecule has 7 heteroatoms. The van der Waals surface area contributed by atoms with Crippen LogP contribution in [0.25, 0.3) is 0 Å². The lowest BCUT2D eigenvalue weighted by Crippen LogP contribution is -2.43. The third-order valence-corrected chi connectivity index (χ3v) is 4.39. The molecule has 24 heavy (non-hydrogen) atoms. The number of nitrogens with one attached hydrogen (secondary N) is 1. The molecule has 2 aromatic heterocycles. The van der Waals surface area contributed by atoms with Crippen LogP contribution in [0.4, 0.5) is 5.82 Å². The van der Waals surface area contributed by atoms with Crippen molar-refractivity contribution in [3.05, 3.63) is 41.0 Å². The van der Waals surface area contributed by atoms with Gasteiger partial charge in [-0.2, -0.15) is 10.4 Å². The average molecular weight is 325 g/mol. The third kappa shape index (κ3) is 2.95. The van der Waals surface area contributed by atoms with Crippen LogP contribution in [-0.2, 0) is 11.3 Å². The van der Waals surface area contributed by atoms with Gasteiger partial charge in [0, 0.05) is 6.54 Å². The number of rotatable bonds is 4. The maximum atomic E-state index is 12.6. The number of nitrogens with zero attached hydrogens (tertiary/aromatic N) is 4. The summed E-state index contributed by atoms with van der Waals surface area (Å²) in [7, 11) is 0. The van der Waals surface area contributed by atoms with E-state index in [4.69, 9.17) is 4.42 Å². The minimum atomic E-state index is -0.344. The topological polar surface area (TPSA) is 95.1 Å². The standard InChI is InChI=1S/C17H19N5O2/c1-11-12(2)20-21-16(14(11)9-18)22-7-3-6-15(22)17(23)19-10-13-5-4-8-24-13/h4-5,8,15H,3,6-7,10H2,1-2H3,(H,19,23)/t15-/m1/s1. The fourth-order valence-electron chi connectivity index (χ4n) is 2.93. The van der Waals surface area contributed by atoms with Crippen molar-refractivity contribution >= 4 is 11.7 Å². The van der Waals surface area contributed by atoms with Gasteiger partial charge < -0.3 is 14.6 Å². The Bertz CT molecular complexity index is 779. The Morgan fingerprint density at radius 3 is 3.04 bits per heavy atom. The quantitative estimate of drug-likeness (QED) is 0.921. The van der Waals surface area contributed by atoms with Crippen molar-refractivity contribution in [1.82, 2.24) is 15.5 Å².